The van der Waals surface area contributed by atoms with E-state index >= 15 is 0 Å². The lowest BCUT2D eigenvalue weighted by Crippen LogP contribution is -2.11. The van der Waals surface area contributed by atoms with Gasteiger partial charge in [-0.3, -0.25) is 4.79 Å². The van der Waals surface area contributed by atoms with Gasteiger partial charge in [0.05, 0.1) is 22.3 Å². The largest absolute Gasteiger partial charge is 0.485 e. The molecule has 32 heavy (non-hydrogen) atoms. The van der Waals surface area contributed by atoms with E-state index in [-0.39, 0.29) is 22.2 Å². The zero-order valence-corrected chi connectivity index (χ0v) is 18.0. The molecule has 0 radical (unpaired) electrons. The molecule has 0 aliphatic heterocycles. The van der Waals surface area contributed by atoms with E-state index in [4.69, 9.17) is 10.00 Å². The minimum absolute atomic E-state index is 0.155. The third-order valence-electron chi connectivity index (χ3n) is 5.11. The van der Waals surface area contributed by atoms with Gasteiger partial charge in [0.1, 0.15) is 5.75 Å². The Morgan fingerprint density at radius 1 is 0.906 bits per heavy atom. The van der Waals surface area contributed by atoms with Crippen LogP contribution in [0.25, 0.3) is 10.9 Å². The van der Waals surface area contributed by atoms with E-state index in [1.54, 1.807) is 48.7 Å². The van der Waals surface area contributed by atoms with Gasteiger partial charge in [-0.05, 0) is 42.5 Å². The predicted octanol–water partition coefficient (Wildman–Crippen LogP) is 4.65. The van der Waals surface area contributed by atoms with Crippen molar-refractivity contribution in [3.63, 3.8) is 0 Å². The molecule has 0 unspecified atom stereocenters. The van der Waals surface area contributed by atoms with E-state index in [2.05, 4.69) is 6.07 Å². The predicted molar refractivity (Wildman–Crippen MR) is 120 cm³/mol. The number of hydrogen-bond donors (Lipinski definition) is 0. The molecule has 4 rings (SSSR count). The lowest BCUT2D eigenvalue weighted by molar-refractivity contribution is 0.0923. The summed E-state index contributed by atoms with van der Waals surface area (Å²) >= 11 is 0. The molecule has 0 spiro atoms. The number of benzene rings is 3. The van der Waals surface area contributed by atoms with Gasteiger partial charge in [0.15, 0.2) is 6.61 Å². The molecule has 1 heterocycles. The highest BCUT2D eigenvalue weighted by molar-refractivity contribution is 7.91. The summed E-state index contributed by atoms with van der Waals surface area (Å²) in [7, 11) is -3.61. The molecule has 6 nitrogen and oxygen atoms in total. The van der Waals surface area contributed by atoms with Gasteiger partial charge in [-0.2, -0.15) is 5.26 Å². The molecule has 3 aromatic carbocycles. The lowest BCUT2D eigenvalue weighted by atomic mass is 10.1. The number of Topliss-reactive ketones (excluding diaryl/α,β-unsaturated/α-hetero) is 1. The average molecular weight is 445 g/mol. The van der Waals surface area contributed by atoms with Crippen molar-refractivity contribution in [1.82, 2.24) is 4.57 Å². The van der Waals surface area contributed by atoms with Gasteiger partial charge in [0.2, 0.25) is 15.6 Å². The molecule has 0 N–H and O–H groups in total. The molecule has 0 atom stereocenters. The smallest absolute Gasteiger partial charge is 0.206 e. The number of carbonyl (C=O) groups excluding carboxylic acids is 1. The van der Waals surface area contributed by atoms with Crippen molar-refractivity contribution in [3.8, 4) is 11.8 Å². The molecule has 0 bridgehead atoms. The standard InChI is InChI=1S/C25H20N2O4S/c26-15-6-16-27-17-23(22-9-4-5-10-24(22)27)25(28)18-31-19-11-13-21(14-12-19)32(29,30)20-7-2-1-3-8-20/h1-5,7-14,17H,6,16,18H2. The maximum Gasteiger partial charge on any atom is 0.206 e. The molecule has 7 heteroatoms. The van der Waals surface area contributed by atoms with Gasteiger partial charge in [-0.1, -0.05) is 36.4 Å². The molecule has 0 saturated heterocycles. The fraction of sp³-hybridized carbons (Fsp3) is 0.120. The minimum Gasteiger partial charge on any atom is -0.485 e. The zero-order chi connectivity index (χ0) is 22.6. The first kappa shape index (κ1) is 21.3. The first-order valence-corrected chi connectivity index (χ1v) is 11.5. The Hall–Kier alpha value is -3.89. The Labute approximate surface area is 186 Å². The van der Waals surface area contributed by atoms with Crippen LogP contribution in [0.5, 0.6) is 5.75 Å². The van der Waals surface area contributed by atoms with Crippen molar-refractivity contribution in [3.05, 3.63) is 90.6 Å². The molecule has 1 aromatic heterocycles. The number of aromatic nitrogens is 1. The number of rotatable bonds is 8. The first-order valence-electron chi connectivity index (χ1n) is 10.0. The summed E-state index contributed by atoms with van der Waals surface area (Å²) in [6, 6.07) is 23.9. The molecule has 160 valence electrons. The monoisotopic (exact) mass is 444 g/mol. The third-order valence-corrected chi connectivity index (χ3v) is 6.90. The van der Waals surface area contributed by atoms with E-state index in [0.717, 1.165) is 10.9 Å². The second kappa shape index (κ2) is 9.08. The second-order valence-electron chi connectivity index (χ2n) is 7.16. The molecule has 0 fully saturated rings. The number of aryl methyl sites for hydroxylation is 1. The highest BCUT2D eigenvalue weighted by Gasteiger charge is 2.18. The summed E-state index contributed by atoms with van der Waals surface area (Å²) < 4.78 is 32.9. The number of ketones is 1. The molecular formula is C25H20N2O4S. The molecule has 0 saturated carbocycles. The van der Waals surface area contributed by atoms with Crippen LogP contribution in [0.3, 0.4) is 0 Å². The van der Waals surface area contributed by atoms with Crippen LogP contribution in [0.2, 0.25) is 0 Å². The molecule has 0 aliphatic rings. The number of sulfone groups is 1. The van der Waals surface area contributed by atoms with E-state index in [1.807, 2.05) is 28.8 Å². The number of fused-ring (bicyclic) bond motifs is 1. The van der Waals surface area contributed by atoms with Crippen LogP contribution in [0.4, 0.5) is 0 Å². The van der Waals surface area contributed by atoms with Gasteiger partial charge in [-0.15, -0.1) is 0 Å². The topological polar surface area (TPSA) is 89.2 Å². The SMILES string of the molecule is N#CCCn1cc(C(=O)COc2ccc(S(=O)(=O)c3ccccc3)cc2)c2ccccc21. The summed E-state index contributed by atoms with van der Waals surface area (Å²) in [6.45, 7) is 0.319. The van der Waals surface area contributed by atoms with E-state index < -0.39 is 9.84 Å². The van der Waals surface area contributed by atoms with Crippen LogP contribution in [0, 0.1) is 11.3 Å². The molecule has 4 aromatic rings. The number of hydrogen-bond acceptors (Lipinski definition) is 5. The van der Waals surface area contributed by atoms with Gasteiger partial charge in [0, 0.05) is 29.2 Å². The summed E-state index contributed by atoms with van der Waals surface area (Å²) in [5.41, 5.74) is 1.42. The van der Waals surface area contributed by atoms with Gasteiger partial charge in [0.25, 0.3) is 0 Å². The highest BCUT2D eigenvalue weighted by Crippen LogP contribution is 2.24. The number of carbonyl (C=O) groups is 1. The van der Waals surface area contributed by atoms with Gasteiger partial charge in [-0.25, -0.2) is 8.42 Å². The van der Waals surface area contributed by atoms with E-state index in [0.29, 0.717) is 24.3 Å². The van der Waals surface area contributed by atoms with Crippen molar-refractivity contribution < 1.29 is 17.9 Å². The Bertz CT molecular complexity index is 1400. The highest BCUT2D eigenvalue weighted by atomic mass is 32.2. The quantitative estimate of drug-likeness (QED) is 0.369. The Kier molecular flexibility index (Phi) is 6.06. The Morgan fingerprint density at radius 3 is 2.28 bits per heavy atom. The van der Waals surface area contributed by atoms with Crippen LogP contribution >= 0.6 is 0 Å². The van der Waals surface area contributed by atoms with Crippen molar-refractivity contribution >= 4 is 26.5 Å². The molecular weight excluding hydrogens is 424 g/mol. The van der Waals surface area contributed by atoms with Crippen molar-refractivity contribution in [1.29, 1.82) is 5.26 Å². The summed E-state index contributed by atoms with van der Waals surface area (Å²) in [5, 5.41) is 9.68. The maximum atomic E-state index is 12.8. The second-order valence-corrected chi connectivity index (χ2v) is 9.11. The van der Waals surface area contributed by atoms with Crippen molar-refractivity contribution in [2.24, 2.45) is 0 Å². The first-order chi connectivity index (χ1) is 15.5. The van der Waals surface area contributed by atoms with Crippen molar-refractivity contribution in [2.45, 2.75) is 22.8 Å². The Morgan fingerprint density at radius 2 is 1.56 bits per heavy atom. The summed E-state index contributed by atoms with van der Waals surface area (Å²) in [5.74, 6) is 0.205. The summed E-state index contributed by atoms with van der Waals surface area (Å²) in [4.78, 5) is 13.2. The van der Waals surface area contributed by atoms with E-state index in [1.165, 1.54) is 12.1 Å². The number of ether oxygens (including phenoxy) is 1. The Balaban J connectivity index is 1.49. The minimum atomic E-state index is -3.61. The fourth-order valence-electron chi connectivity index (χ4n) is 3.50. The van der Waals surface area contributed by atoms with Crippen molar-refractivity contribution in [2.75, 3.05) is 6.61 Å². The lowest BCUT2D eigenvalue weighted by Gasteiger charge is -2.08. The maximum absolute atomic E-state index is 12.8. The fourth-order valence-corrected chi connectivity index (χ4v) is 4.78. The van der Waals surface area contributed by atoms with Gasteiger partial charge >= 0.3 is 0 Å². The number of nitriles is 1. The third kappa shape index (κ3) is 4.27. The van der Waals surface area contributed by atoms with Crippen LogP contribution in [0.15, 0.2) is 94.9 Å². The average Bonchev–Trinajstić information content (AvgIpc) is 3.21. The van der Waals surface area contributed by atoms with Crippen LogP contribution in [0.1, 0.15) is 16.8 Å². The zero-order valence-electron chi connectivity index (χ0n) is 17.1. The van der Waals surface area contributed by atoms with Gasteiger partial charge < -0.3 is 9.30 Å². The number of para-hydroxylation sites is 1. The molecule has 0 aliphatic carbocycles. The van der Waals surface area contributed by atoms with Crippen LogP contribution in [-0.2, 0) is 16.4 Å². The van der Waals surface area contributed by atoms with E-state index in [9.17, 15) is 13.2 Å². The normalized spacial score (nSPS) is 11.2. The molecule has 0 amide bonds. The summed E-state index contributed by atoms with van der Waals surface area (Å²) in [6.07, 6.45) is 2.10. The number of nitrogens with zero attached hydrogens (tertiary/aromatic N) is 2. The van der Waals surface area contributed by atoms with Crippen LogP contribution < -0.4 is 4.74 Å². The van der Waals surface area contributed by atoms with Crippen LogP contribution in [-0.4, -0.2) is 25.4 Å².